The van der Waals surface area contributed by atoms with Gasteiger partial charge in [-0.1, -0.05) is 6.42 Å². The average Bonchev–Trinajstić information content (AvgIpc) is 3.00. The summed E-state index contributed by atoms with van der Waals surface area (Å²) in [6, 6.07) is 0. The Balaban J connectivity index is 1.45. The molecule has 2 unspecified atom stereocenters. The average molecular weight is 343 g/mol. The fourth-order valence-electron chi connectivity index (χ4n) is 4.00. The van der Waals surface area contributed by atoms with Gasteiger partial charge in [0.25, 0.3) is 0 Å². The zero-order valence-corrected chi connectivity index (χ0v) is 15.0. The number of piperidine rings is 1. The van der Waals surface area contributed by atoms with E-state index in [9.17, 15) is 0 Å². The van der Waals surface area contributed by atoms with Crippen molar-refractivity contribution in [1.29, 1.82) is 0 Å². The van der Waals surface area contributed by atoms with Crippen LogP contribution in [0.15, 0.2) is 0 Å². The SMILES string of the molecule is CC1(C)OC2OC(CON3CCCCC3)[C@@H]3OC(C)(C)O[C@@H]3[C@@H]2O1. The molecule has 0 saturated carbocycles. The van der Waals surface area contributed by atoms with Crippen LogP contribution in [0.5, 0.6) is 0 Å². The molecule has 0 aromatic rings. The molecule has 0 aromatic carbocycles. The maximum atomic E-state index is 6.14. The molecule has 4 rings (SSSR count). The summed E-state index contributed by atoms with van der Waals surface area (Å²) in [6.07, 6.45) is 2.24. The molecular weight excluding hydrogens is 314 g/mol. The lowest BCUT2D eigenvalue weighted by molar-refractivity contribution is -0.268. The van der Waals surface area contributed by atoms with E-state index in [1.807, 2.05) is 32.8 Å². The molecule has 5 atom stereocenters. The Morgan fingerprint density at radius 2 is 1.46 bits per heavy atom. The van der Waals surface area contributed by atoms with Crippen LogP contribution in [-0.4, -0.2) is 67.0 Å². The van der Waals surface area contributed by atoms with Gasteiger partial charge in [0.15, 0.2) is 17.9 Å². The zero-order valence-electron chi connectivity index (χ0n) is 15.0. The van der Waals surface area contributed by atoms with Gasteiger partial charge in [0.2, 0.25) is 0 Å². The van der Waals surface area contributed by atoms with Crippen molar-refractivity contribution in [2.75, 3.05) is 19.7 Å². The second kappa shape index (κ2) is 6.16. The first-order chi connectivity index (χ1) is 11.3. The Bertz CT molecular complexity index is 464. The first-order valence-electron chi connectivity index (χ1n) is 9.08. The van der Waals surface area contributed by atoms with E-state index in [1.165, 1.54) is 19.3 Å². The minimum atomic E-state index is -0.682. The van der Waals surface area contributed by atoms with Crippen molar-refractivity contribution >= 4 is 0 Å². The highest BCUT2D eigenvalue weighted by molar-refractivity contribution is 5.00. The molecule has 4 heterocycles. The standard InChI is InChI=1S/C17H29NO6/c1-16(2)21-12-11(10-19-18-8-6-5-7-9-18)20-15-14(13(12)22-16)23-17(3,4)24-15/h11-15H,5-10H2,1-4H3/t11?,12-,13-,14-,15?/m0/s1. The topological polar surface area (TPSA) is 58.6 Å². The van der Waals surface area contributed by atoms with Gasteiger partial charge >= 0.3 is 0 Å². The van der Waals surface area contributed by atoms with Gasteiger partial charge in [0.1, 0.15) is 24.4 Å². The second-order valence-corrected chi connectivity index (χ2v) is 7.99. The lowest BCUT2D eigenvalue weighted by atomic mass is 9.99. The highest BCUT2D eigenvalue weighted by Gasteiger charge is 2.60. The zero-order chi connectivity index (χ0) is 16.9. The van der Waals surface area contributed by atoms with E-state index in [2.05, 4.69) is 0 Å². The van der Waals surface area contributed by atoms with Crippen LogP contribution in [0.25, 0.3) is 0 Å². The van der Waals surface area contributed by atoms with Crippen molar-refractivity contribution in [2.24, 2.45) is 0 Å². The molecular formula is C17H29NO6. The summed E-state index contributed by atoms with van der Waals surface area (Å²) in [5.41, 5.74) is 0. The molecule has 4 aliphatic heterocycles. The van der Waals surface area contributed by atoms with Gasteiger partial charge in [-0.15, -0.1) is 0 Å². The van der Waals surface area contributed by atoms with Crippen LogP contribution in [0.1, 0.15) is 47.0 Å². The minimum Gasteiger partial charge on any atom is -0.342 e. The van der Waals surface area contributed by atoms with Gasteiger partial charge in [0.05, 0.1) is 6.61 Å². The normalized spacial score (nSPS) is 44.2. The third-order valence-corrected chi connectivity index (χ3v) is 4.99. The number of fused-ring (bicyclic) bond motifs is 3. The smallest absolute Gasteiger partial charge is 0.190 e. The van der Waals surface area contributed by atoms with Gasteiger partial charge in [-0.05, 0) is 40.5 Å². The molecule has 0 aliphatic carbocycles. The van der Waals surface area contributed by atoms with Crippen molar-refractivity contribution in [1.82, 2.24) is 5.06 Å². The van der Waals surface area contributed by atoms with Crippen molar-refractivity contribution < 1.29 is 28.5 Å². The summed E-state index contributed by atoms with van der Waals surface area (Å²) < 4.78 is 30.2. The Kier molecular flexibility index (Phi) is 4.40. The highest BCUT2D eigenvalue weighted by Crippen LogP contribution is 2.44. The van der Waals surface area contributed by atoms with Crippen LogP contribution in [0, 0.1) is 0 Å². The van der Waals surface area contributed by atoms with Gasteiger partial charge in [-0.25, -0.2) is 0 Å². The molecule has 0 bridgehead atoms. The third kappa shape index (κ3) is 3.35. The maximum absolute atomic E-state index is 6.14. The number of hydrogen-bond acceptors (Lipinski definition) is 7. The van der Waals surface area contributed by atoms with Gasteiger partial charge in [-0.3, -0.25) is 4.84 Å². The van der Waals surface area contributed by atoms with E-state index in [1.54, 1.807) is 0 Å². The summed E-state index contributed by atoms with van der Waals surface area (Å²) in [6.45, 7) is 10.0. The van der Waals surface area contributed by atoms with Crippen molar-refractivity contribution in [3.8, 4) is 0 Å². The highest BCUT2D eigenvalue weighted by atomic mass is 16.9. The predicted octanol–water partition coefficient (Wildman–Crippen LogP) is 1.80. The van der Waals surface area contributed by atoms with E-state index < -0.39 is 17.9 Å². The molecule has 4 saturated heterocycles. The molecule has 0 amide bonds. The van der Waals surface area contributed by atoms with Gasteiger partial charge in [-0.2, -0.15) is 5.06 Å². The molecule has 4 fully saturated rings. The third-order valence-electron chi connectivity index (χ3n) is 4.99. The van der Waals surface area contributed by atoms with E-state index in [0.29, 0.717) is 6.61 Å². The molecule has 0 aromatic heterocycles. The molecule has 138 valence electrons. The predicted molar refractivity (Wildman–Crippen MR) is 83.9 cm³/mol. The van der Waals surface area contributed by atoms with E-state index in [0.717, 1.165) is 13.1 Å². The van der Waals surface area contributed by atoms with Crippen LogP contribution in [0.2, 0.25) is 0 Å². The molecule has 0 radical (unpaired) electrons. The number of hydroxylamine groups is 2. The van der Waals surface area contributed by atoms with Crippen molar-refractivity contribution in [2.45, 2.75) is 89.2 Å². The van der Waals surface area contributed by atoms with Crippen LogP contribution in [0.4, 0.5) is 0 Å². The molecule has 7 heteroatoms. The fraction of sp³-hybridized carbons (Fsp3) is 1.00. The van der Waals surface area contributed by atoms with Crippen LogP contribution >= 0.6 is 0 Å². The Morgan fingerprint density at radius 1 is 0.833 bits per heavy atom. The van der Waals surface area contributed by atoms with Crippen LogP contribution in [-0.2, 0) is 28.5 Å². The number of nitrogens with zero attached hydrogens (tertiary/aromatic N) is 1. The molecule has 0 spiro atoms. The Labute approximate surface area is 143 Å². The molecule has 0 N–H and O–H groups in total. The first kappa shape index (κ1) is 17.1. The summed E-state index contributed by atoms with van der Waals surface area (Å²) in [5.74, 6) is -1.34. The molecule has 24 heavy (non-hydrogen) atoms. The first-order valence-corrected chi connectivity index (χ1v) is 9.08. The summed E-state index contributed by atoms with van der Waals surface area (Å²) >= 11 is 0. The summed E-state index contributed by atoms with van der Waals surface area (Å²) in [4.78, 5) is 5.98. The summed E-state index contributed by atoms with van der Waals surface area (Å²) in [5, 5.41) is 2.03. The fourth-order valence-corrected chi connectivity index (χ4v) is 4.00. The monoisotopic (exact) mass is 343 g/mol. The van der Waals surface area contributed by atoms with Crippen molar-refractivity contribution in [3.63, 3.8) is 0 Å². The second-order valence-electron chi connectivity index (χ2n) is 7.99. The van der Waals surface area contributed by atoms with E-state index in [-0.39, 0.29) is 24.4 Å². The van der Waals surface area contributed by atoms with Crippen LogP contribution in [0.3, 0.4) is 0 Å². The lowest BCUT2D eigenvalue weighted by Gasteiger charge is -2.38. The van der Waals surface area contributed by atoms with Gasteiger partial charge in [0, 0.05) is 13.1 Å². The number of rotatable bonds is 3. The largest absolute Gasteiger partial charge is 0.342 e. The maximum Gasteiger partial charge on any atom is 0.190 e. The minimum absolute atomic E-state index is 0.213. The van der Waals surface area contributed by atoms with E-state index in [4.69, 9.17) is 28.5 Å². The number of ether oxygens (including phenoxy) is 5. The lowest BCUT2D eigenvalue weighted by Crippen LogP contribution is -2.56. The Morgan fingerprint density at radius 3 is 2.21 bits per heavy atom. The summed E-state index contributed by atoms with van der Waals surface area (Å²) in [7, 11) is 0. The number of hydrogen-bond donors (Lipinski definition) is 0. The Hall–Kier alpha value is -0.280. The van der Waals surface area contributed by atoms with Crippen molar-refractivity contribution in [3.05, 3.63) is 0 Å². The van der Waals surface area contributed by atoms with E-state index >= 15 is 0 Å². The molecule has 7 nitrogen and oxygen atoms in total. The van der Waals surface area contributed by atoms with Crippen LogP contribution < -0.4 is 0 Å². The van der Waals surface area contributed by atoms with Gasteiger partial charge < -0.3 is 23.7 Å². The molecule has 4 aliphatic rings. The quantitative estimate of drug-likeness (QED) is 0.774.